The first-order valence-corrected chi connectivity index (χ1v) is 6.36. The molecule has 0 aliphatic carbocycles. The summed E-state index contributed by atoms with van der Waals surface area (Å²) in [6.07, 6.45) is 9.41. The monoisotopic (exact) mass is 220 g/mol. The quantitative estimate of drug-likeness (QED) is 0.723. The summed E-state index contributed by atoms with van der Waals surface area (Å²) in [7, 11) is 0. The van der Waals surface area contributed by atoms with Gasteiger partial charge in [0, 0.05) is 12.4 Å². The van der Waals surface area contributed by atoms with E-state index in [2.05, 4.69) is 37.7 Å². The summed E-state index contributed by atoms with van der Waals surface area (Å²) in [5.41, 5.74) is 1.29. The van der Waals surface area contributed by atoms with Gasteiger partial charge in [-0.3, -0.25) is 0 Å². The number of hydrogen-bond acceptors (Lipinski definition) is 2. The van der Waals surface area contributed by atoms with Gasteiger partial charge < -0.3 is 0 Å². The van der Waals surface area contributed by atoms with Crippen LogP contribution in [-0.4, -0.2) is 9.97 Å². The standard InChI is InChI=1S/C14H24N2/c1-11(2)6-5-7-14(12(3)4)13-8-15-10-16-9-13/h8-12,14H,5-7H2,1-4H3. The van der Waals surface area contributed by atoms with Crippen molar-refractivity contribution in [3.05, 3.63) is 24.3 Å². The average molecular weight is 220 g/mol. The summed E-state index contributed by atoms with van der Waals surface area (Å²) in [4.78, 5) is 8.24. The van der Waals surface area contributed by atoms with Crippen LogP contribution in [0.5, 0.6) is 0 Å². The summed E-state index contributed by atoms with van der Waals surface area (Å²) in [5.74, 6) is 2.08. The van der Waals surface area contributed by atoms with Gasteiger partial charge in [0.1, 0.15) is 6.33 Å². The third kappa shape index (κ3) is 4.30. The molecule has 0 spiro atoms. The molecule has 2 heteroatoms. The molecule has 90 valence electrons. The molecule has 1 rings (SSSR count). The second kappa shape index (κ2) is 6.62. The number of rotatable bonds is 6. The Morgan fingerprint density at radius 2 is 1.62 bits per heavy atom. The molecule has 0 aromatic carbocycles. The van der Waals surface area contributed by atoms with E-state index in [9.17, 15) is 0 Å². The highest BCUT2D eigenvalue weighted by atomic mass is 14.8. The molecule has 0 bridgehead atoms. The Hall–Kier alpha value is -0.920. The Balaban J connectivity index is 2.55. The normalized spacial score (nSPS) is 13.4. The zero-order valence-electron chi connectivity index (χ0n) is 11.0. The van der Waals surface area contributed by atoms with Crippen LogP contribution in [0.2, 0.25) is 0 Å². The molecule has 1 aromatic rings. The average Bonchev–Trinajstić information content (AvgIpc) is 2.25. The molecule has 0 radical (unpaired) electrons. The molecule has 0 saturated heterocycles. The van der Waals surface area contributed by atoms with Crippen molar-refractivity contribution in [1.29, 1.82) is 0 Å². The minimum atomic E-state index is 0.611. The van der Waals surface area contributed by atoms with Crippen molar-refractivity contribution in [2.75, 3.05) is 0 Å². The predicted octanol–water partition coefficient (Wildman–Crippen LogP) is 4.04. The van der Waals surface area contributed by atoms with Gasteiger partial charge >= 0.3 is 0 Å². The van der Waals surface area contributed by atoms with Gasteiger partial charge in [0.05, 0.1) is 0 Å². The molecule has 0 N–H and O–H groups in total. The molecular formula is C14H24N2. The van der Waals surface area contributed by atoms with Crippen LogP contribution in [-0.2, 0) is 0 Å². The molecule has 0 saturated carbocycles. The zero-order valence-corrected chi connectivity index (χ0v) is 11.0. The third-order valence-corrected chi connectivity index (χ3v) is 3.11. The Morgan fingerprint density at radius 3 is 2.12 bits per heavy atom. The molecule has 16 heavy (non-hydrogen) atoms. The van der Waals surface area contributed by atoms with Gasteiger partial charge in [-0.15, -0.1) is 0 Å². The maximum Gasteiger partial charge on any atom is 0.115 e. The Labute approximate surface area is 99.5 Å². The van der Waals surface area contributed by atoms with Crippen molar-refractivity contribution in [2.24, 2.45) is 11.8 Å². The SMILES string of the molecule is CC(C)CCCC(c1cncnc1)C(C)C. The third-order valence-electron chi connectivity index (χ3n) is 3.11. The number of hydrogen-bond donors (Lipinski definition) is 0. The highest BCUT2D eigenvalue weighted by Gasteiger charge is 2.16. The molecule has 0 aliphatic heterocycles. The maximum atomic E-state index is 4.12. The lowest BCUT2D eigenvalue weighted by Gasteiger charge is -2.20. The van der Waals surface area contributed by atoms with Crippen LogP contribution in [0.4, 0.5) is 0 Å². The zero-order chi connectivity index (χ0) is 12.0. The highest BCUT2D eigenvalue weighted by Crippen LogP contribution is 2.29. The lowest BCUT2D eigenvalue weighted by Crippen LogP contribution is -2.08. The summed E-state index contributed by atoms with van der Waals surface area (Å²) in [6.45, 7) is 9.14. The molecule has 1 unspecified atom stereocenters. The van der Waals surface area contributed by atoms with Crippen molar-refractivity contribution in [1.82, 2.24) is 9.97 Å². The minimum Gasteiger partial charge on any atom is -0.245 e. The Morgan fingerprint density at radius 1 is 1.00 bits per heavy atom. The molecule has 0 amide bonds. The Bertz CT molecular complexity index is 280. The van der Waals surface area contributed by atoms with Gasteiger partial charge in [-0.25, -0.2) is 9.97 Å². The Kier molecular flexibility index (Phi) is 5.44. The van der Waals surface area contributed by atoms with Crippen LogP contribution >= 0.6 is 0 Å². The van der Waals surface area contributed by atoms with E-state index in [1.807, 2.05) is 12.4 Å². The summed E-state index contributed by atoms with van der Waals surface area (Å²) >= 11 is 0. The molecule has 1 atom stereocenters. The van der Waals surface area contributed by atoms with E-state index in [1.54, 1.807) is 6.33 Å². The molecule has 1 aromatic heterocycles. The van der Waals surface area contributed by atoms with Crippen LogP contribution in [0.15, 0.2) is 18.7 Å². The predicted molar refractivity (Wildman–Crippen MR) is 68.3 cm³/mol. The topological polar surface area (TPSA) is 25.8 Å². The van der Waals surface area contributed by atoms with Gasteiger partial charge in [0.15, 0.2) is 0 Å². The second-order valence-electron chi connectivity index (χ2n) is 5.35. The summed E-state index contributed by atoms with van der Waals surface area (Å²) < 4.78 is 0. The fourth-order valence-electron chi connectivity index (χ4n) is 2.13. The molecular weight excluding hydrogens is 196 g/mol. The molecule has 1 heterocycles. The number of nitrogens with zero attached hydrogens (tertiary/aromatic N) is 2. The van der Waals surface area contributed by atoms with E-state index in [4.69, 9.17) is 0 Å². The first-order chi connectivity index (χ1) is 7.61. The van der Waals surface area contributed by atoms with Crippen molar-refractivity contribution >= 4 is 0 Å². The molecule has 0 fully saturated rings. The van der Waals surface area contributed by atoms with E-state index >= 15 is 0 Å². The largest absolute Gasteiger partial charge is 0.245 e. The molecule has 2 nitrogen and oxygen atoms in total. The summed E-state index contributed by atoms with van der Waals surface area (Å²) in [6, 6.07) is 0. The smallest absolute Gasteiger partial charge is 0.115 e. The van der Waals surface area contributed by atoms with Gasteiger partial charge in [0.25, 0.3) is 0 Å². The number of aromatic nitrogens is 2. The summed E-state index contributed by atoms with van der Waals surface area (Å²) in [5, 5.41) is 0. The fourth-order valence-corrected chi connectivity index (χ4v) is 2.13. The van der Waals surface area contributed by atoms with Crippen LogP contribution in [0.25, 0.3) is 0 Å². The van der Waals surface area contributed by atoms with Crippen molar-refractivity contribution in [3.8, 4) is 0 Å². The highest BCUT2D eigenvalue weighted by molar-refractivity contribution is 5.10. The lowest BCUT2D eigenvalue weighted by molar-refractivity contribution is 0.425. The van der Waals surface area contributed by atoms with Crippen LogP contribution in [0.1, 0.15) is 58.4 Å². The van der Waals surface area contributed by atoms with Gasteiger partial charge in [-0.2, -0.15) is 0 Å². The first kappa shape index (κ1) is 13.1. The molecule has 0 aliphatic rings. The van der Waals surface area contributed by atoms with Gasteiger partial charge in [-0.1, -0.05) is 40.5 Å². The van der Waals surface area contributed by atoms with Crippen molar-refractivity contribution in [2.45, 2.75) is 52.9 Å². The van der Waals surface area contributed by atoms with E-state index in [0.717, 1.165) is 5.92 Å². The van der Waals surface area contributed by atoms with E-state index in [0.29, 0.717) is 11.8 Å². The van der Waals surface area contributed by atoms with E-state index < -0.39 is 0 Å². The van der Waals surface area contributed by atoms with Gasteiger partial charge in [-0.05, 0) is 29.7 Å². The van der Waals surface area contributed by atoms with E-state index in [-0.39, 0.29) is 0 Å². The first-order valence-electron chi connectivity index (χ1n) is 6.36. The van der Waals surface area contributed by atoms with E-state index in [1.165, 1.54) is 24.8 Å². The fraction of sp³-hybridized carbons (Fsp3) is 0.714. The van der Waals surface area contributed by atoms with Crippen molar-refractivity contribution < 1.29 is 0 Å². The maximum absolute atomic E-state index is 4.12. The van der Waals surface area contributed by atoms with Crippen molar-refractivity contribution in [3.63, 3.8) is 0 Å². The van der Waals surface area contributed by atoms with Crippen LogP contribution < -0.4 is 0 Å². The second-order valence-corrected chi connectivity index (χ2v) is 5.35. The minimum absolute atomic E-state index is 0.611. The lowest BCUT2D eigenvalue weighted by atomic mass is 9.85. The van der Waals surface area contributed by atoms with Crippen LogP contribution in [0, 0.1) is 11.8 Å². The van der Waals surface area contributed by atoms with Crippen LogP contribution in [0.3, 0.4) is 0 Å². The van der Waals surface area contributed by atoms with Gasteiger partial charge in [0.2, 0.25) is 0 Å².